The Hall–Kier alpha value is -3.58. The second kappa shape index (κ2) is 7.35. The first-order valence-electron chi connectivity index (χ1n) is 9.42. The second-order valence-corrected chi connectivity index (χ2v) is 7.08. The van der Waals surface area contributed by atoms with Gasteiger partial charge < -0.3 is 14.5 Å². The molecule has 0 saturated carbocycles. The molecule has 5 nitrogen and oxygen atoms in total. The van der Waals surface area contributed by atoms with Gasteiger partial charge in [0.05, 0.1) is 11.8 Å². The Labute approximate surface area is 171 Å². The van der Waals surface area contributed by atoms with E-state index in [9.17, 15) is 8.78 Å². The largest absolute Gasteiger partial charge is 0.444 e. The molecule has 0 spiro atoms. The summed E-state index contributed by atoms with van der Waals surface area (Å²) in [5.41, 5.74) is 3.93. The van der Waals surface area contributed by atoms with Gasteiger partial charge in [0.15, 0.2) is 18.4 Å². The van der Waals surface area contributed by atoms with Crippen molar-refractivity contribution >= 4 is 5.82 Å². The number of pyridine rings is 1. The molecule has 1 aliphatic rings. The summed E-state index contributed by atoms with van der Waals surface area (Å²) in [7, 11) is 0. The standard InChI is InChI=1S/C23H17F2N3O2/c1-13-5-6-14(19-11-26-12-29-19)9-16(13)15-7-8-20(27-10-15)28-23-22(30-23)21-17(24)3-2-4-18(21)25/h2-12,22-23H,1H3,(H,27,28). The zero-order chi connectivity index (χ0) is 20.7. The smallest absolute Gasteiger partial charge is 0.181 e. The molecule has 5 rings (SSSR count). The van der Waals surface area contributed by atoms with Crippen LogP contribution in [0.4, 0.5) is 14.6 Å². The van der Waals surface area contributed by atoms with Crippen LogP contribution in [0.15, 0.2) is 71.7 Å². The fraction of sp³-hybridized carbons (Fsp3) is 0.130. The van der Waals surface area contributed by atoms with Crippen LogP contribution in [-0.4, -0.2) is 16.2 Å². The van der Waals surface area contributed by atoms with Crippen molar-refractivity contribution in [2.24, 2.45) is 0 Å². The zero-order valence-electron chi connectivity index (χ0n) is 16.0. The number of benzene rings is 2. The highest BCUT2D eigenvalue weighted by Crippen LogP contribution is 2.41. The summed E-state index contributed by atoms with van der Waals surface area (Å²) < 4.78 is 38.6. The van der Waals surface area contributed by atoms with Crippen LogP contribution in [0.2, 0.25) is 0 Å². The number of anilines is 1. The average molecular weight is 405 g/mol. The molecule has 2 unspecified atom stereocenters. The SMILES string of the molecule is Cc1ccc(-c2cnco2)cc1-c1ccc(NC2OC2c2c(F)cccc2F)nc1. The Morgan fingerprint density at radius 2 is 1.77 bits per heavy atom. The maximum atomic E-state index is 13.9. The molecule has 2 aromatic carbocycles. The van der Waals surface area contributed by atoms with Crippen LogP contribution in [0.25, 0.3) is 22.5 Å². The Morgan fingerprint density at radius 1 is 0.967 bits per heavy atom. The Balaban J connectivity index is 1.33. The van der Waals surface area contributed by atoms with Crippen molar-refractivity contribution in [1.82, 2.24) is 9.97 Å². The van der Waals surface area contributed by atoms with E-state index in [1.807, 2.05) is 37.3 Å². The predicted molar refractivity (Wildman–Crippen MR) is 108 cm³/mol. The van der Waals surface area contributed by atoms with E-state index in [1.54, 1.807) is 12.4 Å². The summed E-state index contributed by atoms with van der Waals surface area (Å²) in [6.07, 6.45) is 3.62. The summed E-state index contributed by atoms with van der Waals surface area (Å²) >= 11 is 0. The maximum absolute atomic E-state index is 13.9. The number of ether oxygens (including phenoxy) is 1. The number of oxazole rings is 1. The van der Waals surface area contributed by atoms with Gasteiger partial charge in [0, 0.05) is 17.3 Å². The van der Waals surface area contributed by atoms with Crippen molar-refractivity contribution in [3.05, 3.63) is 90.1 Å². The number of hydrogen-bond acceptors (Lipinski definition) is 5. The zero-order valence-corrected chi connectivity index (χ0v) is 16.0. The number of nitrogens with one attached hydrogen (secondary N) is 1. The predicted octanol–water partition coefficient (Wildman–Crippen LogP) is 5.50. The van der Waals surface area contributed by atoms with Crippen molar-refractivity contribution in [3.63, 3.8) is 0 Å². The lowest BCUT2D eigenvalue weighted by Crippen LogP contribution is -2.07. The number of rotatable bonds is 5. The molecule has 1 aliphatic heterocycles. The minimum Gasteiger partial charge on any atom is -0.444 e. The molecule has 0 bridgehead atoms. The molecule has 0 amide bonds. The summed E-state index contributed by atoms with van der Waals surface area (Å²) in [5.74, 6) is 0.0243. The van der Waals surface area contributed by atoms with Crippen molar-refractivity contribution in [1.29, 1.82) is 0 Å². The van der Waals surface area contributed by atoms with E-state index in [0.29, 0.717) is 11.6 Å². The minimum atomic E-state index is -0.673. The average Bonchev–Trinajstić information content (AvgIpc) is 3.25. The number of aryl methyl sites for hydroxylation is 1. The third-order valence-corrected chi connectivity index (χ3v) is 5.09. The van der Waals surface area contributed by atoms with Gasteiger partial charge in [-0.05, 0) is 48.4 Å². The molecule has 2 aromatic heterocycles. The maximum Gasteiger partial charge on any atom is 0.181 e. The topological polar surface area (TPSA) is 63.5 Å². The van der Waals surface area contributed by atoms with Crippen LogP contribution in [-0.2, 0) is 4.74 Å². The van der Waals surface area contributed by atoms with Crippen molar-refractivity contribution in [2.75, 3.05) is 5.32 Å². The van der Waals surface area contributed by atoms with Gasteiger partial charge in [0.25, 0.3) is 0 Å². The van der Waals surface area contributed by atoms with E-state index in [0.717, 1.165) is 22.3 Å². The lowest BCUT2D eigenvalue weighted by atomic mass is 9.98. The summed E-state index contributed by atoms with van der Waals surface area (Å²) in [6, 6.07) is 13.5. The fourth-order valence-corrected chi connectivity index (χ4v) is 3.45. The Bertz CT molecular complexity index is 1170. The van der Waals surface area contributed by atoms with Gasteiger partial charge in [-0.1, -0.05) is 18.2 Å². The highest BCUT2D eigenvalue weighted by atomic mass is 19.1. The highest BCUT2D eigenvalue weighted by Gasteiger charge is 2.44. The molecular weight excluding hydrogens is 388 g/mol. The van der Waals surface area contributed by atoms with Crippen LogP contribution < -0.4 is 5.32 Å². The van der Waals surface area contributed by atoms with E-state index in [-0.39, 0.29) is 5.56 Å². The van der Waals surface area contributed by atoms with E-state index >= 15 is 0 Å². The van der Waals surface area contributed by atoms with E-state index in [4.69, 9.17) is 9.15 Å². The molecule has 30 heavy (non-hydrogen) atoms. The normalized spacial score (nSPS) is 17.7. The van der Waals surface area contributed by atoms with Gasteiger partial charge >= 0.3 is 0 Å². The molecule has 2 atom stereocenters. The van der Waals surface area contributed by atoms with Gasteiger partial charge in [-0.25, -0.2) is 18.7 Å². The molecule has 7 heteroatoms. The van der Waals surface area contributed by atoms with Crippen LogP contribution in [0, 0.1) is 18.6 Å². The number of hydrogen-bond donors (Lipinski definition) is 1. The van der Waals surface area contributed by atoms with Crippen LogP contribution in [0.3, 0.4) is 0 Å². The molecule has 0 aliphatic carbocycles. The number of nitrogens with zero attached hydrogens (tertiary/aromatic N) is 2. The van der Waals surface area contributed by atoms with Gasteiger partial charge in [-0.2, -0.15) is 0 Å². The lowest BCUT2D eigenvalue weighted by Gasteiger charge is -2.09. The monoisotopic (exact) mass is 405 g/mol. The van der Waals surface area contributed by atoms with Gasteiger partial charge in [0.1, 0.15) is 23.6 Å². The summed E-state index contributed by atoms with van der Waals surface area (Å²) in [4.78, 5) is 8.39. The van der Waals surface area contributed by atoms with Crippen molar-refractivity contribution in [2.45, 2.75) is 19.3 Å². The van der Waals surface area contributed by atoms with E-state index in [1.165, 1.54) is 24.6 Å². The van der Waals surface area contributed by atoms with Crippen LogP contribution in [0.5, 0.6) is 0 Å². The van der Waals surface area contributed by atoms with Crippen LogP contribution in [0.1, 0.15) is 17.2 Å². The lowest BCUT2D eigenvalue weighted by molar-refractivity contribution is 0.374. The molecule has 1 fully saturated rings. The molecule has 1 saturated heterocycles. The summed E-state index contributed by atoms with van der Waals surface area (Å²) in [5, 5.41) is 3.06. The first-order valence-corrected chi connectivity index (χ1v) is 9.42. The third kappa shape index (κ3) is 3.44. The Morgan fingerprint density at radius 3 is 2.47 bits per heavy atom. The van der Waals surface area contributed by atoms with Crippen LogP contribution >= 0.6 is 0 Å². The second-order valence-electron chi connectivity index (χ2n) is 7.08. The third-order valence-electron chi connectivity index (χ3n) is 5.09. The first kappa shape index (κ1) is 18.4. The number of epoxide rings is 1. The molecule has 1 N–H and O–H groups in total. The van der Waals surface area contributed by atoms with Gasteiger partial charge in [-0.3, -0.25) is 0 Å². The summed E-state index contributed by atoms with van der Waals surface area (Å²) in [6.45, 7) is 2.03. The van der Waals surface area contributed by atoms with Crippen molar-refractivity contribution < 1.29 is 17.9 Å². The number of halogens is 2. The molecule has 3 heterocycles. The van der Waals surface area contributed by atoms with E-state index < -0.39 is 24.0 Å². The van der Waals surface area contributed by atoms with E-state index in [2.05, 4.69) is 15.3 Å². The van der Waals surface area contributed by atoms with Crippen molar-refractivity contribution in [3.8, 4) is 22.5 Å². The minimum absolute atomic E-state index is 0.0634. The molecule has 150 valence electrons. The molecular formula is C23H17F2N3O2. The molecule has 4 aromatic rings. The first-order chi connectivity index (χ1) is 14.6. The quantitative estimate of drug-likeness (QED) is 0.444. The fourth-order valence-electron chi connectivity index (χ4n) is 3.45. The van der Waals surface area contributed by atoms with Gasteiger partial charge in [0.2, 0.25) is 0 Å². The molecule has 0 radical (unpaired) electrons. The highest BCUT2D eigenvalue weighted by molar-refractivity contribution is 5.73. The Kier molecular flexibility index (Phi) is 4.52. The van der Waals surface area contributed by atoms with Gasteiger partial charge in [-0.15, -0.1) is 0 Å². The number of aromatic nitrogens is 2.